The van der Waals surface area contributed by atoms with E-state index in [1.165, 1.54) is 18.3 Å². The molecule has 0 fully saturated rings. The van der Waals surface area contributed by atoms with Crippen molar-refractivity contribution in [3.05, 3.63) is 29.1 Å². The first-order chi connectivity index (χ1) is 9.71. The van der Waals surface area contributed by atoms with Crippen molar-refractivity contribution in [3.8, 4) is 0 Å². The van der Waals surface area contributed by atoms with Gasteiger partial charge in [0, 0.05) is 13.6 Å². The molecule has 0 atom stereocenters. The fraction of sp³-hybridized carbons (Fsp3) is 0.500. The zero-order valence-corrected chi connectivity index (χ0v) is 13.2. The first kappa shape index (κ1) is 17.6. The summed E-state index contributed by atoms with van der Waals surface area (Å²) in [6.45, 7) is 3.70. The molecule has 1 rings (SSSR count). The molecule has 5 nitrogen and oxygen atoms in total. The maximum atomic E-state index is 13.7. The summed E-state index contributed by atoms with van der Waals surface area (Å²) in [5.74, 6) is -2.39. The SMILES string of the molecule is CCCCCN(C)S(=O)(=O)c1cc(C)c(F)c(C(=O)O)c1. The summed E-state index contributed by atoms with van der Waals surface area (Å²) in [5.41, 5.74) is -0.633. The average molecular weight is 317 g/mol. The quantitative estimate of drug-likeness (QED) is 0.785. The second kappa shape index (κ2) is 7.00. The van der Waals surface area contributed by atoms with E-state index in [-0.39, 0.29) is 10.5 Å². The van der Waals surface area contributed by atoms with E-state index >= 15 is 0 Å². The zero-order chi connectivity index (χ0) is 16.2. The molecule has 0 saturated carbocycles. The van der Waals surface area contributed by atoms with Crippen LogP contribution in [0.4, 0.5) is 4.39 Å². The molecule has 0 amide bonds. The Balaban J connectivity index is 3.17. The van der Waals surface area contributed by atoms with Gasteiger partial charge in [0.05, 0.1) is 10.5 Å². The number of aromatic carboxylic acids is 1. The standard InChI is InChI=1S/C14H20FNO4S/c1-4-5-6-7-16(3)21(19,20)11-8-10(2)13(15)12(9-11)14(17)18/h8-9H,4-7H2,1-3H3,(H,17,18). The number of halogens is 1. The third-order valence-corrected chi connectivity index (χ3v) is 5.08. The highest BCUT2D eigenvalue weighted by Gasteiger charge is 2.24. The highest BCUT2D eigenvalue weighted by molar-refractivity contribution is 7.89. The van der Waals surface area contributed by atoms with Crippen molar-refractivity contribution in [2.75, 3.05) is 13.6 Å². The Morgan fingerprint density at radius 1 is 1.33 bits per heavy atom. The first-order valence-electron chi connectivity index (χ1n) is 6.71. The monoisotopic (exact) mass is 317 g/mol. The van der Waals surface area contributed by atoms with Crippen LogP contribution in [0, 0.1) is 12.7 Å². The van der Waals surface area contributed by atoms with Crippen LogP contribution in [0.1, 0.15) is 42.1 Å². The molecule has 0 radical (unpaired) electrons. The maximum absolute atomic E-state index is 13.7. The third kappa shape index (κ3) is 4.01. The minimum absolute atomic E-state index is 0.00423. The van der Waals surface area contributed by atoms with Gasteiger partial charge in [0.25, 0.3) is 0 Å². The topological polar surface area (TPSA) is 74.7 Å². The summed E-state index contributed by atoms with van der Waals surface area (Å²) in [5, 5.41) is 8.94. The second-order valence-electron chi connectivity index (χ2n) is 4.94. The van der Waals surface area contributed by atoms with Gasteiger partial charge in [0.2, 0.25) is 10.0 Å². The van der Waals surface area contributed by atoms with Gasteiger partial charge in [-0.1, -0.05) is 19.8 Å². The Bertz CT molecular complexity index is 628. The van der Waals surface area contributed by atoms with Gasteiger partial charge < -0.3 is 5.11 Å². The Morgan fingerprint density at radius 2 is 1.95 bits per heavy atom. The average Bonchev–Trinajstić information content (AvgIpc) is 2.41. The van der Waals surface area contributed by atoms with E-state index < -0.39 is 27.4 Å². The molecule has 1 N–H and O–H groups in total. The number of unbranched alkanes of at least 4 members (excludes halogenated alkanes) is 2. The summed E-state index contributed by atoms with van der Waals surface area (Å²) >= 11 is 0. The van der Waals surface area contributed by atoms with Crippen molar-refractivity contribution in [2.45, 2.75) is 38.0 Å². The van der Waals surface area contributed by atoms with Crippen LogP contribution < -0.4 is 0 Å². The smallest absolute Gasteiger partial charge is 0.338 e. The zero-order valence-electron chi connectivity index (χ0n) is 12.4. The number of aryl methyl sites for hydroxylation is 1. The molecule has 0 aliphatic rings. The van der Waals surface area contributed by atoms with Gasteiger partial charge in [-0.25, -0.2) is 21.9 Å². The Hall–Kier alpha value is -1.47. The number of benzene rings is 1. The number of rotatable bonds is 7. The van der Waals surface area contributed by atoms with Crippen LogP contribution in [0.15, 0.2) is 17.0 Å². The van der Waals surface area contributed by atoms with Gasteiger partial charge in [-0.3, -0.25) is 0 Å². The largest absolute Gasteiger partial charge is 0.478 e. The Morgan fingerprint density at radius 3 is 2.48 bits per heavy atom. The molecule has 0 aromatic heterocycles. The van der Waals surface area contributed by atoms with Crippen molar-refractivity contribution in [2.24, 2.45) is 0 Å². The van der Waals surface area contributed by atoms with Crippen LogP contribution in [-0.2, 0) is 10.0 Å². The number of sulfonamides is 1. The molecule has 1 aromatic rings. The summed E-state index contributed by atoms with van der Waals surface area (Å²) in [4.78, 5) is 10.8. The van der Waals surface area contributed by atoms with E-state index in [9.17, 15) is 17.6 Å². The summed E-state index contributed by atoms with van der Waals surface area (Å²) in [6, 6.07) is 2.03. The molecule has 0 aliphatic heterocycles. The van der Waals surface area contributed by atoms with Gasteiger partial charge in [0.1, 0.15) is 5.82 Å². The van der Waals surface area contributed by atoms with Crippen molar-refractivity contribution in [1.29, 1.82) is 0 Å². The lowest BCUT2D eigenvalue weighted by Crippen LogP contribution is -2.28. The number of carboxylic acid groups (broad SMARTS) is 1. The minimum Gasteiger partial charge on any atom is -0.478 e. The molecule has 118 valence electrons. The highest BCUT2D eigenvalue weighted by Crippen LogP contribution is 2.22. The van der Waals surface area contributed by atoms with Crippen molar-refractivity contribution >= 4 is 16.0 Å². The van der Waals surface area contributed by atoms with E-state index in [4.69, 9.17) is 5.11 Å². The molecule has 0 spiro atoms. The van der Waals surface area contributed by atoms with E-state index in [0.29, 0.717) is 6.54 Å². The van der Waals surface area contributed by atoms with Crippen molar-refractivity contribution < 1.29 is 22.7 Å². The van der Waals surface area contributed by atoms with Crippen molar-refractivity contribution in [3.63, 3.8) is 0 Å². The Labute approximate surface area is 124 Å². The van der Waals surface area contributed by atoms with Gasteiger partial charge >= 0.3 is 5.97 Å². The lowest BCUT2D eigenvalue weighted by molar-refractivity contribution is 0.0691. The van der Waals surface area contributed by atoms with E-state index in [1.54, 1.807) is 0 Å². The van der Waals surface area contributed by atoms with E-state index in [1.807, 2.05) is 6.92 Å². The van der Waals surface area contributed by atoms with Crippen LogP contribution in [0.25, 0.3) is 0 Å². The van der Waals surface area contributed by atoms with Crippen molar-refractivity contribution in [1.82, 2.24) is 4.31 Å². The number of carbonyl (C=O) groups is 1. The maximum Gasteiger partial charge on any atom is 0.338 e. The molecular weight excluding hydrogens is 297 g/mol. The van der Waals surface area contributed by atoms with Crippen LogP contribution in [-0.4, -0.2) is 37.4 Å². The molecule has 7 heteroatoms. The Kier molecular flexibility index (Phi) is 5.86. The van der Waals surface area contributed by atoms with Crippen LogP contribution in [0.3, 0.4) is 0 Å². The van der Waals surface area contributed by atoms with Crippen LogP contribution in [0.2, 0.25) is 0 Å². The minimum atomic E-state index is -3.81. The van der Waals surface area contributed by atoms with E-state index in [0.717, 1.165) is 31.4 Å². The van der Waals surface area contributed by atoms with Crippen LogP contribution in [0.5, 0.6) is 0 Å². The summed E-state index contributed by atoms with van der Waals surface area (Å²) in [7, 11) is -2.38. The molecule has 0 heterocycles. The molecule has 0 saturated heterocycles. The van der Waals surface area contributed by atoms with Gasteiger partial charge in [0.15, 0.2) is 0 Å². The van der Waals surface area contributed by atoms with Gasteiger partial charge in [-0.2, -0.15) is 0 Å². The number of nitrogens with zero attached hydrogens (tertiary/aromatic N) is 1. The fourth-order valence-corrected chi connectivity index (χ4v) is 3.25. The van der Waals surface area contributed by atoms with Gasteiger partial charge in [-0.15, -0.1) is 0 Å². The third-order valence-electron chi connectivity index (χ3n) is 3.24. The highest BCUT2D eigenvalue weighted by atomic mass is 32.2. The lowest BCUT2D eigenvalue weighted by Gasteiger charge is -2.18. The predicted molar refractivity (Wildman–Crippen MR) is 77.4 cm³/mol. The summed E-state index contributed by atoms with van der Waals surface area (Å²) < 4.78 is 39.6. The van der Waals surface area contributed by atoms with Crippen LogP contribution >= 0.6 is 0 Å². The normalized spacial score (nSPS) is 11.9. The van der Waals surface area contributed by atoms with Gasteiger partial charge in [-0.05, 0) is 31.0 Å². The summed E-state index contributed by atoms with van der Waals surface area (Å²) in [6.07, 6.45) is 2.59. The molecule has 0 bridgehead atoms. The number of hydrogen-bond donors (Lipinski definition) is 1. The second-order valence-corrected chi connectivity index (χ2v) is 6.99. The molecule has 1 aromatic carbocycles. The number of hydrogen-bond acceptors (Lipinski definition) is 3. The van der Waals surface area contributed by atoms with E-state index in [2.05, 4.69) is 0 Å². The number of carboxylic acids is 1. The molecular formula is C14H20FNO4S. The molecule has 0 aliphatic carbocycles. The fourth-order valence-electron chi connectivity index (χ4n) is 1.93. The first-order valence-corrected chi connectivity index (χ1v) is 8.15. The predicted octanol–water partition coefficient (Wildman–Crippen LogP) is 2.64. The molecule has 0 unspecified atom stereocenters. The molecule has 21 heavy (non-hydrogen) atoms. The lowest BCUT2D eigenvalue weighted by atomic mass is 10.1.